The van der Waals surface area contributed by atoms with Gasteiger partial charge < -0.3 is 10.5 Å². The van der Waals surface area contributed by atoms with Crippen LogP contribution in [0, 0.1) is 5.82 Å². The maximum absolute atomic E-state index is 14.0. The molecular weight excluding hydrogens is 407 g/mol. The van der Waals surface area contributed by atoms with Gasteiger partial charge in [-0.3, -0.25) is 0 Å². The topological polar surface area (TPSA) is 98.5 Å². The zero-order chi connectivity index (χ0) is 20.2. The zero-order valence-corrected chi connectivity index (χ0v) is 17.4. The molecule has 6 nitrogen and oxygen atoms in total. The molecule has 0 amide bonds. The third-order valence-corrected chi connectivity index (χ3v) is 5.64. The van der Waals surface area contributed by atoms with Gasteiger partial charge in [0.25, 0.3) is 0 Å². The van der Waals surface area contributed by atoms with E-state index < -0.39 is 38.3 Å². The van der Waals surface area contributed by atoms with Gasteiger partial charge in [0.15, 0.2) is 0 Å². The lowest BCUT2D eigenvalue weighted by Crippen LogP contribution is -2.33. The summed E-state index contributed by atoms with van der Waals surface area (Å²) in [6, 6.07) is 10.3. The molecule has 0 heterocycles. The highest BCUT2D eigenvalue weighted by atomic mass is 35.5. The van der Waals surface area contributed by atoms with Crippen molar-refractivity contribution in [3.8, 4) is 0 Å². The van der Waals surface area contributed by atoms with Gasteiger partial charge in [-0.05, 0) is 29.2 Å². The molecule has 0 aliphatic rings. The van der Waals surface area contributed by atoms with Crippen LogP contribution < -0.4 is 10.5 Å². The van der Waals surface area contributed by atoms with Gasteiger partial charge in [0.05, 0.1) is 12.0 Å². The summed E-state index contributed by atoms with van der Waals surface area (Å²) in [5, 5.41) is 0. The minimum absolute atomic E-state index is 0. The van der Waals surface area contributed by atoms with Crippen molar-refractivity contribution in [2.45, 2.75) is 30.7 Å². The second-order valence-electron chi connectivity index (χ2n) is 6.38. The van der Waals surface area contributed by atoms with E-state index in [2.05, 4.69) is 23.3 Å². The van der Waals surface area contributed by atoms with Crippen molar-refractivity contribution < 1.29 is 22.3 Å². The summed E-state index contributed by atoms with van der Waals surface area (Å²) in [6.45, 7) is 4.03. The highest BCUT2D eigenvalue weighted by molar-refractivity contribution is 7.89. The first-order valence-corrected chi connectivity index (χ1v) is 9.87. The van der Waals surface area contributed by atoms with Crippen molar-refractivity contribution in [1.82, 2.24) is 4.72 Å². The normalized spacial score (nSPS) is 12.4. The molecule has 28 heavy (non-hydrogen) atoms. The van der Waals surface area contributed by atoms with Crippen molar-refractivity contribution >= 4 is 28.4 Å². The van der Waals surface area contributed by atoms with Gasteiger partial charge in [0, 0.05) is 12.6 Å². The van der Waals surface area contributed by atoms with E-state index in [9.17, 15) is 17.6 Å². The third-order valence-electron chi connectivity index (χ3n) is 4.18. The van der Waals surface area contributed by atoms with Crippen LogP contribution in [0.25, 0.3) is 0 Å². The van der Waals surface area contributed by atoms with Crippen molar-refractivity contribution in [2.75, 3.05) is 13.7 Å². The number of carbonyl (C=O) groups excluding carboxylic acids is 1. The van der Waals surface area contributed by atoms with E-state index in [4.69, 9.17) is 5.73 Å². The number of methoxy groups -OCH3 is 1. The van der Waals surface area contributed by atoms with Gasteiger partial charge in [0.2, 0.25) is 10.0 Å². The number of benzene rings is 2. The maximum atomic E-state index is 14.0. The van der Waals surface area contributed by atoms with E-state index in [0.29, 0.717) is 5.92 Å². The lowest BCUT2D eigenvalue weighted by atomic mass is 9.99. The summed E-state index contributed by atoms with van der Waals surface area (Å²) in [7, 11) is -3.11. The van der Waals surface area contributed by atoms with Gasteiger partial charge in [0.1, 0.15) is 11.4 Å². The Morgan fingerprint density at radius 2 is 1.71 bits per heavy atom. The molecule has 2 aromatic carbocycles. The largest absolute Gasteiger partial charge is 0.465 e. The predicted molar refractivity (Wildman–Crippen MR) is 108 cm³/mol. The average molecular weight is 431 g/mol. The second kappa shape index (κ2) is 9.97. The maximum Gasteiger partial charge on any atom is 0.342 e. The number of nitrogens with two attached hydrogens (primary N) is 1. The molecule has 0 aromatic heterocycles. The first-order valence-electron chi connectivity index (χ1n) is 8.39. The van der Waals surface area contributed by atoms with Crippen LogP contribution in [0.15, 0.2) is 47.4 Å². The minimum Gasteiger partial charge on any atom is -0.465 e. The first-order chi connectivity index (χ1) is 12.7. The van der Waals surface area contributed by atoms with E-state index in [1.165, 1.54) is 6.07 Å². The lowest BCUT2D eigenvalue weighted by molar-refractivity contribution is 0.0590. The Kier molecular flexibility index (Phi) is 8.56. The van der Waals surface area contributed by atoms with Crippen LogP contribution in [-0.2, 0) is 14.8 Å². The summed E-state index contributed by atoms with van der Waals surface area (Å²) < 4.78 is 45.9. The summed E-state index contributed by atoms with van der Waals surface area (Å²) in [5.74, 6) is -1.67. The number of hydrogen-bond acceptors (Lipinski definition) is 5. The molecule has 0 aliphatic carbocycles. The number of ether oxygens (including phenoxy) is 1. The van der Waals surface area contributed by atoms with Crippen LogP contribution in [-0.4, -0.2) is 28.0 Å². The Morgan fingerprint density at radius 3 is 2.25 bits per heavy atom. The Labute approximate surface area is 170 Å². The minimum atomic E-state index is -4.16. The summed E-state index contributed by atoms with van der Waals surface area (Å²) >= 11 is 0. The summed E-state index contributed by atoms with van der Waals surface area (Å²) in [6.07, 6.45) is 0. The quantitative estimate of drug-likeness (QED) is 0.657. The average Bonchev–Trinajstić information content (AvgIpc) is 2.65. The Bertz CT molecular complexity index is 918. The van der Waals surface area contributed by atoms with E-state index in [-0.39, 0.29) is 19.0 Å². The first kappa shape index (κ1) is 24.0. The second-order valence-corrected chi connectivity index (χ2v) is 8.12. The highest BCUT2D eigenvalue weighted by Gasteiger charge is 2.26. The summed E-state index contributed by atoms with van der Waals surface area (Å²) in [5.41, 5.74) is 7.34. The molecule has 1 unspecified atom stereocenters. The fourth-order valence-electron chi connectivity index (χ4n) is 2.55. The molecule has 0 saturated carbocycles. The molecule has 0 aliphatic heterocycles. The van der Waals surface area contributed by atoms with E-state index in [1.807, 2.05) is 24.3 Å². The molecule has 1 atom stereocenters. The van der Waals surface area contributed by atoms with Gasteiger partial charge >= 0.3 is 5.97 Å². The molecule has 2 rings (SSSR count). The molecular formula is C19H24ClFN2O4S. The molecule has 0 radical (unpaired) electrons. The third kappa shape index (κ3) is 5.51. The number of esters is 1. The van der Waals surface area contributed by atoms with Crippen LogP contribution in [0.4, 0.5) is 4.39 Å². The molecule has 2 aromatic rings. The fourth-order valence-corrected chi connectivity index (χ4v) is 3.81. The van der Waals surface area contributed by atoms with Crippen LogP contribution in [0.3, 0.4) is 0 Å². The standard InChI is InChI=1S/C19H23FN2O4S.ClH/c1-12(2)13-7-9-14(10-8-13)16(21)11-22-27(24,25)17-6-4-5-15(20)18(17)19(23)26-3;/h4-10,12,16,22H,11,21H2,1-3H3;1H. The molecule has 0 bridgehead atoms. The number of sulfonamides is 1. The van der Waals surface area contributed by atoms with E-state index in [1.54, 1.807) is 0 Å². The lowest BCUT2D eigenvalue weighted by Gasteiger charge is -2.16. The van der Waals surface area contributed by atoms with Crippen molar-refractivity contribution in [3.05, 3.63) is 65.0 Å². The number of hydrogen-bond donors (Lipinski definition) is 2. The number of nitrogens with one attached hydrogen (secondary N) is 1. The number of carbonyl (C=O) groups is 1. The van der Waals surface area contributed by atoms with Crippen molar-refractivity contribution in [2.24, 2.45) is 5.73 Å². The Morgan fingerprint density at radius 1 is 1.14 bits per heavy atom. The molecule has 3 N–H and O–H groups in total. The van der Waals surface area contributed by atoms with Gasteiger partial charge in [-0.15, -0.1) is 12.4 Å². The van der Waals surface area contributed by atoms with E-state index >= 15 is 0 Å². The number of halogens is 2. The Balaban J connectivity index is 0.00000392. The van der Waals surface area contributed by atoms with Crippen LogP contribution in [0.1, 0.15) is 47.3 Å². The van der Waals surface area contributed by atoms with Gasteiger partial charge in [-0.1, -0.05) is 44.2 Å². The fraction of sp³-hybridized carbons (Fsp3) is 0.316. The molecule has 0 saturated heterocycles. The molecule has 0 fully saturated rings. The molecule has 154 valence electrons. The zero-order valence-electron chi connectivity index (χ0n) is 15.8. The van der Waals surface area contributed by atoms with Crippen LogP contribution >= 0.6 is 12.4 Å². The van der Waals surface area contributed by atoms with Gasteiger partial charge in [-0.25, -0.2) is 22.3 Å². The van der Waals surface area contributed by atoms with Crippen LogP contribution in [0.5, 0.6) is 0 Å². The van der Waals surface area contributed by atoms with Crippen molar-refractivity contribution in [3.63, 3.8) is 0 Å². The molecule has 9 heteroatoms. The van der Waals surface area contributed by atoms with Crippen LogP contribution in [0.2, 0.25) is 0 Å². The monoisotopic (exact) mass is 430 g/mol. The van der Waals surface area contributed by atoms with Gasteiger partial charge in [-0.2, -0.15) is 0 Å². The van der Waals surface area contributed by atoms with Crippen molar-refractivity contribution in [1.29, 1.82) is 0 Å². The summed E-state index contributed by atoms with van der Waals surface area (Å²) in [4.78, 5) is 11.3. The SMILES string of the molecule is COC(=O)c1c(F)cccc1S(=O)(=O)NCC(N)c1ccc(C(C)C)cc1.Cl. The Hall–Kier alpha value is -2.00. The molecule has 0 spiro atoms. The van der Waals surface area contributed by atoms with E-state index in [0.717, 1.165) is 30.4 Å². The number of rotatable bonds is 7. The smallest absolute Gasteiger partial charge is 0.342 e. The highest BCUT2D eigenvalue weighted by Crippen LogP contribution is 2.21. The predicted octanol–water partition coefficient (Wildman–Crippen LogP) is 3.14.